The maximum absolute atomic E-state index is 11.8. The highest BCUT2D eigenvalue weighted by Gasteiger charge is 2.04. The molecule has 1 amide bonds. The Labute approximate surface area is 116 Å². The fraction of sp³-hybridized carbons (Fsp3) is 0.133. The van der Waals surface area contributed by atoms with Crippen molar-refractivity contribution in [1.82, 2.24) is 0 Å². The average Bonchev–Trinajstić information content (AvgIpc) is 2.90. The summed E-state index contributed by atoms with van der Waals surface area (Å²) in [4.78, 5) is 12.8. The molecule has 0 saturated heterocycles. The Hall–Kier alpha value is -2.09. The molecule has 0 unspecified atom stereocenters. The average molecular weight is 270 g/mol. The van der Waals surface area contributed by atoms with Crippen molar-refractivity contribution in [3.05, 3.63) is 52.2 Å². The third-order valence-electron chi connectivity index (χ3n) is 2.42. The number of rotatable bonds is 3. The first-order valence-electron chi connectivity index (χ1n) is 5.89. The van der Waals surface area contributed by atoms with Gasteiger partial charge in [-0.2, -0.15) is 0 Å². The number of amides is 1. The van der Waals surface area contributed by atoms with E-state index in [1.807, 2.05) is 41.8 Å². The molecule has 1 aromatic carbocycles. The van der Waals surface area contributed by atoms with Crippen molar-refractivity contribution in [1.29, 1.82) is 0 Å². The van der Waals surface area contributed by atoms with Gasteiger partial charge in [-0.1, -0.05) is 17.9 Å². The number of carbonyl (C=O) groups is 1. The summed E-state index contributed by atoms with van der Waals surface area (Å²) in [6.07, 6.45) is 0.409. The molecule has 4 heteroatoms. The second kappa shape index (κ2) is 6.74. The molecule has 0 atom stereocenters. The van der Waals surface area contributed by atoms with Gasteiger partial charge < -0.3 is 11.1 Å². The second-order valence-electron chi connectivity index (χ2n) is 3.89. The zero-order valence-electron chi connectivity index (χ0n) is 10.3. The Morgan fingerprint density at radius 1 is 1.26 bits per heavy atom. The Balaban J connectivity index is 1.94. The molecule has 3 nitrogen and oxygen atoms in total. The summed E-state index contributed by atoms with van der Waals surface area (Å²) >= 11 is 1.58. The number of anilines is 1. The van der Waals surface area contributed by atoms with Crippen molar-refractivity contribution in [3.8, 4) is 11.8 Å². The highest BCUT2D eigenvalue weighted by atomic mass is 32.1. The summed E-state index contributed by atoms with van der Waals surface area (Å²) in [5, 5.41) is 4.82. The van der Waals surface area contributed by atoms with Gasteiger partial charge in [0.1, 0.15) is 0 Å². The molecule has 0 saturated carbocycles. The van der Waals surface area contributed by atoms with Crippen molar-refractivity contribution in [3.63, 3.8) is 0 Å². The number of carbonyl (C=O) groups excluding carboxylic acids is 1. The SMILES string of the molecule is NCC#Cc1ccc(NC(=O)Cc2cccs2)cc1. The molecular formula is C15H14N2OS. The van der Waals surface area contributed by atoms with Gasteiger partial charge in [0.05, 0.1) is 13.0 Å². The van der Waals surface area contributed by atoms with Crippen LogP contribution in [0.25, 0.3) is 0 Å². The predicted octanol–water partition coefficient (Wildman–Crippen LogP) is 2.24. The molecule has 0 aliphatic carbocycles. The minimum Gasteiger partial charge on any atom is -0.326 e. The molecule has 19 heavy (non-hydrogen) atoms. The first-order chi connectivity index (χ1) is 9.28. The highest BCUT2D eigenvalue weighted by molar-refractivity contribution is 7.10. The zero-order chi connectivity index (χ0) is 13.5. The Kier molecular flexibility index (Phi) is 4.73. The van der Waals surface area contributed by atoms with Crippen LogP contribution in [0.2, 0.25) is 0 Å². The number of thiophene rings is 1. The molecule has 0 aliphatic heterocycles. The van der Waals surface area contributed by atoms with Crippen LogP contribution in [0.15, 0.2) is 41.8 Å². The van der Waals surface area contributed by atoms with Crippen LogP contribution in [-0.2, 0) is 11.2 Å². The van der Waals surface area contributed by atoms with E-state index in [-0.39, 0.29) is 5.91 Å². The molecule has 0 bridgehead atoms. The van der Waals surface area contributed by atoms with Gasteiger partial charge in [0, 0.05) is 16.1 Å². The van der Waals surface area contributed by atoms with Gasteiger partial charge in [0.15, 0.2) is 0 Å². The molecule has 2 aromatic rings. The summed E-state index contributed by atoms with van der Waals surface area (Å²) in [6.45, 7) is 0.347. The van der Waals surface area contributed by atoms with E-state index in [9.17, 15) is 4.79 Å². The monoisotopic (exact) mass is 270 g/mol. The van der Waals surface area contributed by atoms with E-state index in [1.54, 1.807) is 11.3 Å². The van der Waals surface area contributed by atoms with Crippen LogP contribution < -0.4 is 11.1 Å². The first kappa shape index (κ1) is 13.3. The Morgan fingerprint density at radius 3 is 2.68 bits per heavy atom. The molecule has 96 valence electrons. The van der Waals surface area contributed by atoms with Gasteiger partial charge in [0.25, 0.3) is 0 Å². The maximum atomic E-state index is 11.8. The summed E-state index contributed by atoms with van der Waals surface area (Å²) in [5.74, 6) is 5.71. The largest absolute Gasteiger partial charge is 0.326 e. The van der Waals surface area contributed by atoms with Crippen LogP contribution in [0.5, 0.6) is 0 Å². The number of benzene rings is 1. The molecule has 1 heterocycles. The van der Waals surface area contributed by atoms with Crippen molar-refractivity contribution in [2.24, 2.45) is 5.73 Å². The summed E-state index contributed by atoms with van der Waals surface area (Å²) in [6, 6.07) is 11.3. The molecule has 0 radical (unpaired) electrons. The zero-order valence-corrected chi connectivity index (χ0v) is 11.2. The molecule has 0 fully saturated rings. The van der Waals surface area contributed by atoms with Gasteiger partial charge in [-0.3, -0.25) is 4.79 Å². The van der Waals surface area contributed by atoms with E-state index >= 15 is 0 Å². The van der Waals surface area contributed by atoms with Crippen molar-refractivity contribution >= 4 is 22.9 Å². The quantitative estimate of drug-likeness (QED) is 0.840. The van der Waals surface area contributed by atoms with E-state index in [0.717, 1.165) is 16.1 Å². The predicted molar refractivity (Wildman–Crippen MR) is 79.0 cm³/mol. The first-order valence-corrected chi connectivity index (χ1v) is 6.77. The summed E-state index contributed by atoms with van der Waals surface area (Å²) in [5.41, 5.74) is 6.98. The Morgan fingerprint density at radius 2 is 2.05 bits per heavy atom. The van der Waals surface area contributed by atoms with Crippen LogP contribution in [0.3, 0.4) is 0 Å². The second-order valence-corrected chi connectivity index (χ2v) is 4.92. The molecular weight excluding hydrogens is 256 g/mol. The molecule has 2 rings (SSSR count). The van der Waals surface area contributed by atoms with Crippen molar-refractivity contribution < 1.29 is 4.79 Å². The van der Waals surface area contributed by atoms with Crippen LogP contribution in [0, 0.1) is 11.8 Å². The van der Waals surface area contributed by atoms with Crippen LogP contribution in [0.1, 0.15) is 10.4 Å². The maximum Gasteiger partial charge on any atom is 0.229 e. The fourth-order valence-corrected chi connectivity index (χ4v) is 2.27. The summed E-state index contributed by atoms with van der Waals surface area (Å²) < 4.78 is 0. The lowest BCUT2D eigenvalue weighted by atomic mass is 10.2. The van der Waals surface area contributed by atoms with Gasteiger partial charge in [-0.05, 0) is 35.7 Å². The minimum atomic E-state index is -0.0109. The van der Waals surface area contributed by atoms with Gasteiger partial charge in [-0.15, -0.1) is 11.3 Å². The lowest BCUT2D eigenvalue weighted by molar-refractivity contribution is -0.115. The van der Waals surface area contributed by atoms with Gasteiger partial charge in [0.2, 0.25) is 5.91 Å². The fourth-order valence-electron chi connectivity index (χ4n) is 1.57. The Bertz CT molecular complexity index is 591. The number of hydrogen-bond donors (Lipinski definition) is 2. The molecule has 0 spiro atoms. The van der Waals surface area contributed by atoms with E-state index in [1.165, 1.54) is 0 Å². The molecule has 3 N–H and O–H groups in total. The van der Waals surface area contributed by atoms with Crippen LogP contribution in [0.4, 0.5) is 5.69 Å². The highest BCUT2D eigenvalue weighted by Crippen LogP contribution is 2.12. The number of hydrogen-bond acceptors (Lipinski definition) is 3. The van der Waals surface area contributed by atoms with E-state index < -0.39 is 0 Å². The third-order valence-corrected chi connectivity index (χ3v) is 3.29. The van der Waals surface area contributed by atoms with E-state index in [0.29, 0.717) is 13.0 Å². The minimum absolute atomic E-state index is 0.0109. The topological polar surface area (TPSA) is 55.1 Å². The standard InChI is InChI=1S/C15H14N2OS/c16-9-1-3-12-5-7-13(8-6-12)17-15(18)11-14-4-2-10-19-14/h2,4-8,10H,9,11,16H2,(H,17,18). The molecule has 1 aromatic heterocycles. The van der Waals surface area contributed by atoms with Crippen molar-refractivity contribution in [2.75, 3.05) is 11.9 Å². The van der Waals surface area contributed by atoms with Gasteiger partial charge in [-0.25, -0.2) is 0 Å². The van der Waals surface area contributed by atoms with E-state index in [4.69, 9.17) is 5.73 Å². The van der Waals surface area contributed by atoms with Crippen molar-refractivity contribution in [2.45, 2.75) is 6.42 Å². The normalized spacial score (nSPS) is 9.53. The molecule has 0 aliphatic rings. The summed E-state index contributed by atoms with van der Waals surface area (Å²) in [7, 11) is 0. The van der Waals surface area contributed by atoms with E-state index in [2.05, 4.69) is 17.2 Å². The van der Waals surface area contributed by atoms with Crippen LogP contribution in [-0.4, -0.2) is 12.5 Å². The third kappa shape index (κ3) is 4.25. The lowest BCUT2D eigenvalue weighted by Gasteiger charge is -2.04. The number of nitrogens with two attached hydrogens (primary N) is 1. The smallest absolute Gasteiger partial charge is 0.229 e. The van der Waals surface area contributed by atoms with Crippen LogP contribution >= 0.6 is 11.3 Å². The lowest BCUT2D eigenvalue weighted by Crippen LogP contribution is -2.13. The number of nitrogens with one attached hydrogen (secondary N) is 1. The van der Waals surface area contributed by atoms with Gasteiger partial charge >= 0.3 is 0 Å².